The molecule has 0 radical (unpaired) electrons. The van der Waals surface area contributed by atoms with Crippen LogP contribution in [0.1, 0.15) is 30.4 Å². The van der Waals surface area contributed by atoms with Crippen LogP contribution in [0.5, 0.6) is 11.5 Å². The van der Waals surface area contributed by atoms with Crippen molar-refractivity contribution in [3.63, 3.8) is 0 Å². The lowest BCUT2D eigenvalue weighted by Crippen LogP contribution is -3.00. The second-order valence-corrected chi connectivity index (χ2v) is 10.6. The molecule has 1 atom stereocenters. The first-order chi connectivity index (χ1) is 19.2. The molecule has 1 N–H and O–H groups in total. The van der Waals surface area contributed by atoms with Crippen molar-refractivity contribution in [3.05, 3.63) is 96.1 Å². The van der Waals surface area contributed by atoms with E-state index in [1.54, 1.807) is 48.5 Å². The van der Waals surface area contributed by atoms with Crippen LogP contribution in [-0.2, 0) is 15.1 Å². The van der Waals surface area contributed by atoms with Crippen LogP contribution < -0.4 is 26.5 Å². The van der Waals surface area contributed by atoms with Gasteiger partial charge in [-0.3, -0.25) is 0 Å². The average Bonchev–Trinajstić information content (AvgIpc) is 2.96. The summed E-state index contributed by atoms with van der Waals surface area (Å²) in [6, 6.07) is 23.1. The second-order valence-electron chi connectivity index (χ2n) is 10.6. The molecule has 41 heavy (non-hydrogen) atoms. The highest BCUT2D eigenvalue weighted by atomic mass is 79.9. The number of nitrogens with zero attached hydrogens (tertiary/aromatic N) is 1. The smallest absolute Gasteiger partial charge is 0.573 e. The van der Waals surface area contributed by atoms with Crippen molar-refractivity contribution >= 4 is 5.97 Å². The van der Waals surface area contributed by atoms with Crippen LogP contribution in [0.4, 0.5) is 13.2 Å². The number of quaternary nitrogens is 1. The van der Waals surface area contributed by atoms with Gasteiger partial charge in [0.25, 0.3) is 0 Å². The van der Waals surface area contributed by atoms with Crippen LogP contribution in [0.15, 0.2) is 84.9 Å². The Balaban J connectivity index is 0.00000387. The Morgan fingerprint density at radius 1 is 0.854 bits per heavy atom. The molecule has 0 spiro atoms. The molecule has 3 fully saturated rings. The summed E-state index contributed by atoms with van der Waals surface area (Å²) in [7, 11) is 0. The molecular formula is C31H33BrF3NO5. The van der Waals surface area contributed by atoms with Crippen molar-refractivity contribution in [1.29, 1.82) is 0 Å². The molecule has 6 nitrogen and oxygen atoms in total. The van der Waals surface area contributed by atoms with Crippen molar-refractivity contribution in [2.45, 2.75) is 37.3 Å². The lowest BCUT2D eigenvalue weighted by Gasteiger charge is -2.52. The molecule has 3 aliphatic rings. The number of hydrogen-bond donors (Lipinski definition) is 1. The standard InChI is InChI=1S/C31H33F3NO5.BrH/c32-31(33,34)40-27-14-12-26(13-15-27)38-21-7-18-35-19-16-23(17-20-35)28(22-35)39-29(36)30(37,24-8-3-1-4-9-24)25-10-5-2-6-11-25;/h1-6,8-15,23,28,37H,7,16-22H2;1H/q+1;/p-1. The monoisotopic (exact) mass is 635 g/mol. The molecule has 3 aromatic carbocycles. The Labute approximate surface area is 248 Å². The third kappa shape index (κ3) is 7.23. The van der Waals surface area contributed by atoms with Gasteiger partial charge in [0.1, 0.15) is 18.0 Å². The predicted octanol–water partition coefficient (Wildman–Crippen LogP) is 2.45. The van der Waals surface area contributed by atoms with E-state index in [2.05, 4.69) is 4.74 Å². The van der Waals surface area contributed by atoms with Crippen molar-refractivity contribution in [3.8, 4) is 11.5 Å². The predicted molar refractivity (Wildman–Crippen MR) is 141 cm³/mol. The van der Waals surface area contributed by atoms with Crippen LogP contribution in [0.2, 0.25) is 0 Å². The first-order valence-electron chi connectivity index (χ1n) is 13.6. The van der Waals surface area contributed by atoms with E-state index < -0.39 is 17.9 Å². The Bertz CT molecular complexity index is 1230. The number of esters is 1. The minimum absolute atomic E-state index is 0. The zero-order valence-electron chi connectivity index (χ0n) is 22.4. The van der Waals surface area contributed by atoms with Gasteiger partial charge in [-0.2, -0.15) is 0 Å². The van der Waals surface area contributed by atoms with Crippen LogP contribution in [0.25, 0.3) is 0 Å². The van der Waals surface area contributed by atoms with Gasteiger partial charge < -0.3 is 40.8 Å². The molecule has 10 heteroatoms. The number of fused-ring (bicyclic) bond motifs is 3. The SMILES string of the molecule is O=C(OC1C[N+]2(CCCOc3ccc(OC(F)(F)F)cc3)CCC1CC2)C(O)(c1ccccc1)c1ccccc1.[Br-]. The summed E-state index contributed by atoms with van der Waals surface area (Å²) in [6.45, 7) is 3.90. The van der Waals surface area contributed by atoms with Crippen molar-refractivity contribution < 1.29 is 58.7 Å². The average molecular weight is 637 g/mol. The van der Waals surface area contributed by atoms with Gasteiger partial charge in [0, 0.05) is 25.2 Å². The number of carbonyl (C=O) groups is 1. The Hall–Kier alpha value is -3.08. The third-order valence-corrected chi connectivity index (χ3v) is 8.08. The van der Waals surface area contributed by atoms with Crippen molar-refractivity contribution in [2.24, 2.45) is 5.92 Å². The first-order valence-corrected chi connectivity index (χ1v) is 13.6. The number of piperidine rings is 3. The van der Waals surface area contributed by atoms with Gasteiger partial charge in [0.15, 0.2) is 6.10 Å². The lowest BCUT2D eigenvalue weighted by atomic mass is 9.82. The lowest BCUT2D eigenvalue weighted by molar-refractivity contribution is -0.946. The van der Waals surface area contributed by atoms with Gasteiger partial charge in [0.05, 0.1) is 26.2 Å². The molecule has 0 aliphatic carbocycles. The molecule has 2 bridgehead atoms. The van der Waals surface area contributed by atoms with Gasteiger partial charge in [0.2, 0.25) is 5.60 Å². The number of hydrogen-bond acceptors (Lipinski definition) is 5. The van der Waals surface area contributed by atoms with E-state index >= 15 is 0 Å². The fourth-order valence-electron chi connectivity index (χ4n) is 5.98. The molecule has 0 amide bonds. The molecule has 3 aliphatic heterocycles. The molecule has 0 aromatic heterocycles. The molecule has 220 valence electrons. The highest BCUT2D eigenvalue weighted by Gasteiger charge is 2.50. The van der Waals surface area contributed by atoms with E-state index in [0.717, 1.165) is 43.4 Å². The van der Waals surface area contributed by atoms with Gasteiger partial charge in [-0.1, -0.05) is 60.7 Å². The van der Waals surface area contributed by atoms with E-state index in [1.165, 1.54) is 24.3 Å². The molecule has 3 aromatic rings. The van der Waals surface area contributed by atoms with Crippen LogP contribution in [0, 0.1) is 5.92 Å². The molecule has 0 saturated carbocycles. The zero-order valence-corrected chi connectivity index (χ0v) is 24.0. The highest BCUT2D eigenvalue weighted by molar-refractivity contribution is 5.85. The topological polar surface area (TPSA) is 65.0 Å². The van der Waals surface area contributed by atoms with Crippen LogP contribution in [0.3, 0.4) is 0 Å². The van der Waals surface area contributed by atoms with Gasteiger partial charge >= 0.3 is 12.3 Å². The first kappa shape index (κ1) is 30.9. The normalized spacial score (nSPS) is 22.0. The summed E-state index contributed by atoms with van der Waals surface area (Å²) in [6.07, 6.45) is -2.41. The number of halogens is 4. The van der Waals surface area contributed by atoms with Gasteiger partial charge in [-0.05, 0) is 35.4 Å². The van der Waals surface area contributed by atoms with E-state index in [1.807, 2.05) is 12.1 Å². The van der Waals surface area contributed by atoms with Crippen LogP contribution >= 0.6 is 0 Å². The summed E-state index contributed by atoms with van der Waals surface area (Å²) in [5.41, 5.74) is -0.980. The molecule has 6 rings (SSSR count). The van der Waals surface area contributed by atoms with Crippen molar-refractivity contribution in [2.75, 3.05) is 32.8 Å². The maximum atomic E-state index is 13.7. The second kappa shape index (κ2) is 12.8. The summed E-state index contributed by atoms with van der Waals surface area (Å²) in [4.78, 5) is 13.7. The summed E-state index contributed by atoms with van der Waals surface area (Å²) >= 11 is 0. The maximum absolute atomic E-state index is 13.7. The Morgan fingerprint density at radius 3 is 1.93 bits per heavy atom. The highest BCUT2D eigenvalue weighted by Crippen LogP contribution is 2.38. The maximum Gasteiger partial charge on any atom is 0.573 e. The zero-order chi connectivity index (χ0) is 28.2. The van der Waals surface area contributed by atoms with Crippen LogP contribution in [-0.4, -0.2) is 60.8 Å². The van der Waals surface area contributed by atoms with Crippen molar-refractivity contribution in [1.82, 2.24) is 0 Å². The summed E-state index contributed by atoms with van der Waals surface area (Å²) in [5, 5.41) is 11.8. The summed E-state index contributed by atoms with van der Waals surface area (Å²) in [5.74, 6) is -0.224. The minimum atomic E-state index is -4.73. The molecular weight excluding hydrogens is 603 g/mol. The molecule has 3 heterocycles. The summed E-state index contributed by atoms with van der Waals surface area (Å²) < 4.78 is 53.6. The third-order valence-electron chi connectivity index (χ3n) is 8.08. The number of benzene rings is 3. The fraction of sp³-hybridized carbons (Fsp3) is 0.387. The van der Waals surface area contributed by atoms with E-state index in [9.17, 15) is 23.1 Å². The minimum Gasteiger partial charge on any atom is -1.00 e. The number of ether oxygens (including phenoxy) is 3. The fourth-order valence-corrected chi connectivity index (χ4v) is 5.98. The van der Waals surface area contributed by atoms with E-state index in [0.29, 0.717) is 30.0 Å². The van der Waals surface area contributed by atoms with E-state index in [-0.39, 0.29) is 34.8 Å². The molecule has 3 saturated heterocycles. The molecule has 1 unspecified atom stereocenters. The number of carbonyl (C=O) groups excluding carboxylic acids is 1. The Morgan fingerprint density at radius 2 is 1.39 bits per heavy atom. The van der Waals surface area contributed by atoms with Gasteiger partial charge in [-0.15, -0.1) is 13.2 Å². The number of rotatable bonds is 10. The quantitative estimate of drug-likeness (QED) is 0.211. The Kier molecular flexibility index (Phi) is 9.66. The largest absolute Gasteiger partial charge is 1.00 e. The number of aliphatic hydroxyl groups is 1. The van der Waals surface area contributed by atoms with Gasteiger partial charge in [-0.25, -0.2) is 4.79 Å². The van der Waals surface area contributed by atoms with E-state index in [4.69, 9.17) is 9.47 Å². The number of alkyl halides is 3.